The first kappa shape index (κ1) is 15.5. The second-order valence-electron chi connectivity index (χ2n) is 6.77. The van der Waals surface area contributed by atoms with Gasteiger partial charge in [-0.25, -0.2) is 0 Å². The van der Waals surface area contributed by atoms with Gasteiger partial charge in [0.05, 0.1) is 13.0 Å². The second-order valence-corrected chi connectivity index (χ2v) is 6.77. The zero-order valence-corrected chi connectivity index (χ0v) is 13.0. The van der Waals surface area contributed by atoms with Crippen LogP contribution in [0.1, 0.15) is 66.7 Å². The summed E-state index contributed by atoms with van der Waals surface area (Å²) in [4.78, 5) is 11.8. The first-order chi connectivity index (χ1) is 8.31. The SMILES string of the molecule is CCC1(C(C)C)CCC(C)(C(C)C(=O)OC)CC1. The van der Waals surface area contributed by atoms with Crippen molar-refractivity contribution in [1.29, 1.82) is 0 Å². The average Bonchev–Trinajstić information content (AvgIpc) is 2.38. The molecule has 2 heteroatoms. The van der Waals surface area contributed by atoms with Gasteiger partial charge < -0.3 is 4.74 Å². The summed E-state index contributed by atoms with van der Waals surface area (Å²) in [5, 5.41) is 0. The molecule has 0 aromatic rings. The van der Waals surface area contributed by atoms with Crippen LogP contribution in [0.2, 0.25) is 0 Å². The Kier molecular flexibility index (Phi) is 4.85. The molecule has 1 rings (SSSR count). The summed E-state index contributed by atoms with van der Waals surface area (Å²) in [7, 11) is 1.50. The van der Waals surface area contributed by atoms with Crippen molar-refractivity contribution in [3.63, 3.8) is 0 Å². The monoisotopic (exact) mass is 254 g/mol. The van der Waals surface area contributed by atoms with E-state index < -0.39 is 0 Å². The van der Waals surface area contributed by atoms with Gasteiger partial charge in [0.15, 0.2) is 0 Å². The lowest BCUT2D eigenvalue weighted by atomic mass is 9.56. The smallest absolute Gasteiger partial charge is 0.308 e. The quantitative estimate of drug-likeness (QED) is 0.694. The largest absolute Gasteiger partial charge is 0.469 e. The van der Waals surface area contributed by atoms with Gasteiger partial charge in [-0.3, -0.25) is 4.79 Å². The number of rotatable bonds is 4. The fourth-order valence-corrected chi connectivity index (χ4v) is 3.55. The molecule has 0 aromatic carbocycles. The van der Waals surface area contributed by atoms with Crippen molar-refractivity contribution in [1.82, 2.24) is 0 Å². The maximum atomic E-state index is 11.8. The van der Waals surface area contributed by atoms with Crippen molar-refractivity contribution in [2.24, 2.45) is 22.7 Å². The molecule has 0 spiro atoms. The Bertz CT molecular complexity index is 285. The van der Waals surface area contributed by atoms with E-state index in [9.17, 15) is 4.79 Å². The van der Waals surface area contributed by atoms with Gasteiger partial charge in [-0.1, -0.05) is 41.0 Å². The molecule has 1 aliphatic rings. The average molecular weight is 254 g/mol. The molecule has 1 unspecified atom stereocenters. The molecule has 0 aliphatic heterocycles. The van der Waals surface area contributed by atoms with Crippen molar-refractivity contribution in [3.05, 3.63) is 0 Å². The van der Waals surface area contributed by atoms with Crippen molar-refractivity contribution in [2.45, 2.75) is 66.7 Å². The molecule has 0 radical (unpaired) electrons. The van der Waals surface area contributed by atoms with Crippen LogP contribution in [0.15, 0.2) is 0 Å². The summed E-state index contributed by atoms with van der Waals surface area (Å²) in [5.41, 5.74) is 0.621. The Labute approximate surface area is 112 Å². The fourth-order valence-electron chi connectivity index (χ4n) is 3.55. The molecule has 1 fully saturated rings. The molecule has 1 aliphatic carbocycles. The van der Waals surface area contributed by atoms with Crippen LogP contribution in [0.4, 0.5) is 0 Å². The van der Waals surface area contributed by atoms with E-state index in [-0.39, 0.29) is 17.3 Å². The third-order valence-electron chi connectivity index (χ3n) is 5.92. The fraction of sp³-hybridized carbons (Fsp3) is 0.938. The van der Waals surface area contributed by atoms with E-state index in [1.807, 2.05) is 6.92 Å². The lowest BCUT2D eigenvalue weighted by Gasteiger charge is -2.48. The van der Waals surface area contributed by atoms with E-state index in [1.54, 1.807) is 0 Å². The zero-order valence-electron chi connectivity index (χ0n) is 13.0. The third-order valence-corrected chi connectivity index (χ3v) is 5.92. The van der Waals surface area contributed by atoms with Crippen LogP contribution in [0, 0.1) is 22.7 Å². The molecule has 0 N–H and O–H groups in total. The molecule has 18 heavy (non-hydrogen) atoms. The van der Waals surface area contributed by atoms with E-state index in [0.29, 0.717) is 5.41 Å². The van der Waals surface area contributed by atoms with Gasteiger partial charge in [0.25, 0.3) is 0 Å². The Morgan fingerprint density at radius 1 is 1.17 bits per heavy atom. The zero-order chi connectivity index (χ0) is 14.0. The summed E-state index contributed by atoms with van der Waals surface area (Å²) in [6.45, 7) is 11.3. The van der Waals surface area contributed by atoms with Crippen LogP contribution >= 0.6 is 0 Å². The van der Waals surface area contributed by atoms with Gasteiger partial charge in [-0.2, -0.15) is 0 Å². The van der Waals surface area contributed by atoms with Crippen LogP contribution in [0.25, 0.3) is 0 Å². The second kappa shape index (κ2) is 5.63. The number of carbonyl (C=O) groups excluding carboxylic acids is 1. The topological polar surface area (TPSA) is 26.3 Å². The van der Waals surface area contributed by atoms with Crippen LogP contribution < -0.4 is 0 Å². The van der Waals surface area contributed by atoms with Gasteiger partial charge >= 0.3 is 5.97 Å². The molecule has 0 amide bonds. The van der Waals surface area contributed by atoms with E-state index in [4.69, 9.17) is 4.74 Å². The van der Waals surface area contributed by atoms with Crippen molar-refractivity contribution in [2.75, 3.05) is 7.11 Å². The maximum Gasteiger partial charge on any atom is 0.308 e. The summed E-state index contributed by atoms with van der Waals surface area (Å²) in [6, 6.07) is 0. The van der Waals surface area contributed by atoms with E-state index in [2.05, 4.69) is 27.7 Å². The predicted molar refractivity (Wildman–Crippen MR) is 75.3 cm³/mol. The third kappa shape index (κ3) is 2.73. The van der Waals surface area contributed by atoms with Crippen LogP contribution in [0.5, 0.6) is 0 Å². The van der Waals surface area contributed by atoms with Crippen molar-refractivity contribution >= 4 is 5.97 Å². The molecule has 0 aromatic heterocycles. The predicted octanol–water partition coefficient (Wildman–Crippen LogP) is 4.43. The summed E-state index contributed by atoms with van der Waals surface area (Å²) >= 11 is 0. The molecule has 0 bridgehead atoms. The number of hydrogen-bond donors (Lipinski definition) is 0. The number of hydrogen-bond acceptors (Lipinski definition) is 2. The van der Waals surface area contributed by atoms with Crippen LogP contribution in [0.3, 0.4) is 0 Å². The van der Waals surface area contributed by atoms with Gasteiger partial charge in [0.2, 0.25) is 0 Å². The molecule has 2 nitrogen and oxygen atoms in total. The summed E-state index contributed by atoms with van der Waals surface area (Å²) in [6.07, 6.45) is 6.05. The molecule has 106 valence electrons. The minimum Gasteiger partial charge on any atom is -0.469 e. The number of methoxy groups -OCH3 is 1. The van der Waals surface area contributed by atoms with Gasteiger partial charge in [0.1, 0.15) is 0 Å². The van der Waals surface area contributed by atoms with Crippen LogP contribution in [-0.4, -0.2) is 13.1 Å². The maximum absolute atomic E-state index is 11.8. The normalized spacial score (nSPS) is 34.4. The van der Waals surface area contributed by atoms with E-state index in [1.165, 1.54) is 26.4 Å². The molecule has 1 saturated carbocycles. The highest BCUT2D eigenvalue weighted by molar-refractivity contribution is 5.72. The van der Waals surface area contributed by atoms with E-state index in [0.717, 1.165) is 18.8 Å². The number of esters is 1. The Hall–Kier alpha value is -0.530. The highest BCUT2D eigenvalue weighted by Gasteiger charge is 2.45. The summed E-state index contributed by atoms with van der Waals surface area (Å²) in [5.74, 6) is 0.705. The highest BCUT2D eigenvalue weighted by Crippen LogP contribution is 2.53. The summed E-state index contributed by atoms with van der Waals surface area (Å²) < 4.78 is 4.92. The highest BCUT2D eigenvalue weighted by atomic mass is 16.5. The lowest BCUT2D eigenvalue weighted by molar-refractivity contribution is -0.151. The minimum absolute atomic E-state index is 0.0181. The van der Waals surface area contributed by atoms with E-state index >= 15 is 0 Å². The van der Waals surface area contributed by atoms with Crippen LogP contribution in [-0.2, 0) is 9.53 Å². The minimum atomic E-state index is -0.0500. The Balaban J connectivity index is 2.75. The molecule has 0 saturated heterocycles. The molecular formula is C16H30O2. The van der Waals surface area contributed by atoms with Crippen molar-refractivity contribution < 1.29 is 9.53 Å². The molecular weight excluding hydrogens is 224 g/mol. The molecule has 1 atom stereocenters. The standard InChI is InChI=1S/C16H30O2/c1-7-16(12(2)3)10-8-15(5,9-11-16)13(4)14(17)18-6/h12-13H,7-11H2,1-6H3. The number of carbonyl (C=O) groups is 1. The number of ether oxygens (including phenoxy) is 1. The first-order valence-electron chi connectivity index (χ1n) is 7.39. The lowest BCUT2D eigenvalue weighted by Crippen LogP contribution is -2.41. The van der Waals surface area contributed by atoms with Gasteiger partial charge in [0, 0.05) is 0 Å². The van der Waals surface area contributed by atoms with Crippen molar-refractivity contribution in [3.8, 4) is 0 Å². The first-order valence-corrected chi connectivity index (χ1v) is 7.39. The Morgan fingerprint density at radius 2 is 1.67 bits per heavy atom. The Morgan fingerprint density at radius 3 is 2.00 bits per heavy atom. The van der Waals surface area contributed by atoms with Gasteiger partial charge in [-0.05, 0) is 42.4 Å². The van der Waals surface area contributed by atoms with Gasteiger partial charge in [-0.15, -0.1) is 0 Å². The molecule has 0 heterocycles.